The smallest absolute Gasteiger partial charge is 0.242 e. The maximum Gasteiger partial charge on any atom is 0.242 e. The maximum atomic E-state index is 14.2. The number of aromatic nitrogens is 2. The number of amides is 2. The predicted octanol–water partition coefficient (Wildman–Crippen LogP) is 4.94. The molecule has 0 spiro atoms. The zero-order chi connectivity index (χ0) is 30.0. The number of piperazine rings is 1. The van der Waals surface area contributed by atoms with Crippen LogP contribution in [0.2, 0.25) is 0 Å². The zero-order valence-electron chi connectivity index (χ0n) is 25.2. The number of nitrogens with zero attached hydrogens (tertiary/aromatic N) is 4. The molecule has 10 heteroatoms. The Balaban J connectivity index is 0.946. The van der Waals surface area contributed by atoms with Crippen molar-refractivity contribution in [2.24, 2.45) is 23.2 Å². The van der Waals surface area contributed by atoms with Gasteiger partial charge in [-0.15, -0.1) is 0 Å². The first-order valence-corrected chi connectivity index (χ1v) is 15.7. The molecule has 2 heterocycles. The van der Waals surface area contributed by atoms with Gasteiger partial charge in [-0.1, -0.05) is 26.3 Å². The number of ether oxygens (including phenoxy) is 1. The number of rotatable bonds is 10. The van der Waals surface area contributed by atoms with Crippen molar-refractivity contribution in [1.82, 2.24) is 25.4 Å². The summed E-state index contributed by atoms with van der Waals surface area (Å²) in [6.07, 6.45) is 6.66. The molecule has 0 radical (unpaired) electrons. The fourth-order valence-corrected chi connectivity index (χ4v) is 7.69. The van der Waals surface area contributed by atoms with Crippen LogP contribution in [0, 0.1) is 29.0 Å². The summed E-state index contributed by atoms with van der Waals surface area (Å²) in [5.74, 6) is 2.63. The van der Waals surface area contributed by atoms with Crippen LogP contribution in [0.5, 0.6) is 5.75 Å². The molecule has 2 unspecified atom stereocenters. The lowest BCUT2D eigenvalue weighted by Gasteiger charge is -2.35. The average Bonchev–Trinajstić information content (AvgIpc) is 3.69. The summed E-state index contributed by atoms with van der Waals surface area (Å²) in [4.78, 5) is 29.7. The third-order valence-electron chi connectivity index (χ3n) is 9.90. The highest BCUT2D eigenvalue weighted by molar-refractivity contribution is 5.85. The summed E-state index contributed by atoms with van der Waals surface area (Å²) in [6.45, 7) is 7.82. The van der Waals surface area contributed by atoms with Crippen molar-refractivity contribution in [3.63, 3.8) is 0 Å². The van der Waals surface area contributed by atoms with Gasteiger partial charge in [0.1, 0.15) is 29.2 Å². The van der Waals surface area contributed by atoms with Gasteiger partial charge in [0.25, 0.3) is 0 Å². The van der Waals surface area contributed by atoms with E-state index in [1.807, 2.05) is 18.2 Å². The van der Waals surface area contributed by atoms with Crippen LogP contribution in [-0.4, -0.2) is 64.7 Å². The Kier molecular flexibility index (Phi) is 8.66. The summed E-state index contributed by atoms with van der Waals surface area (Å²) in [5.41, 5.74) is 3.04. The highest BCUT2D eigenvalue weighted by atomic mass is 19.1. The van der Waals surface area contributed by atoms with Crippen molar-refractivity contribution in [3.05, 3.63) is 53.3 Å². The van der Waals surface area contributed by atoms with Crippen molar-refractivity contribution in [1.29, 1.82) is 0 Å². The Hall–Kier alpha value is -3.53. The number of hydrogen-bond acceptors (Lipinski definition) is 7. The average molecular weight is 592 g/mol. The predicted molar refractivity (Wildman–Crippen MR) is 159 cm³/mol. The van der Waals surface area contributed by atoms with Gasteiger partial charge in [0.2, 0.25) is 11.8 Å². The van der Waals surface area contributed by atoms with Gasteiger partial charge in [0, 0.05) is 44.7 Å². The number of benzene rings is 2. The van der Waals surface area contributed by atoms with E-state index in [1.54, 1.807) is 11.0 Å². The Labute approximate surface area is 252 Å². The molecule has 0 bridgehead atoms. The molecule has 2 aromatic carbocycles. The maximum absolute atomic E-state index is 14.2. The Morgan fingerprint density at radius 2 is 1.79 bits per heavy atom. The Morgan fingerprint density at radius 3 is 2.53 bits per heavy atom. The molecular formula is C33H42FN5O4. The second-order valence-corrected chi connectivity index (χ2v) is 13.2. The number of carbonyl (C=O) groups is 2. The largest absolute Gasteiger partial charge is 0.489 e. The van der Waals surface area contributed by atoms with Gasteiger partial charge in [0.15, 0.2) is 0 Å². The van der Waals surface area contributed by atoms with Gasteiger partial charge in [-0.25, -0.2) is 9.02 Å². The Morgan fingerprint density at radius 1 is 1.05 bits per heavy atom. The molecule has 1 aromatic heterocycles. The number of carbonyl (C=O) groups excluding carboxylic acids is 2. The third kappa shape index (κ3) is 7.00. The highest BCUT2D eigenvalue weighted by Crippen LogP contribution is 2.56. The van der Waals surface area contributed by atoms with Gasteiger partial charge in [0.05, 0.1) is 6.54 Å². The van der Waals surface area contributed by atoms with E-state index >= 15 is 0 Å². The number of nitrogens with one attached hydrogen (secondary N) is 1. The molecule has 3 aliphatic rings. The molecule has 9 nitrogen and oxygen atoms in total. The molecule has 1 N–H and O–H groups in total. The minimum atomic E-state index is -0.318. The molecule has 230 valence electrons. The van der Waals surface area contributed by atoms with Gasteiger partial charge < -0.3 is 15.0 Å². The molecule has 3 fully saturated rings. The monoisotopic (exact) mass is 591 g/mol. The van der Waals surface area contributed by atoms with E-state index in [2.05, 4.69) is 34.4 Å². The SMILES string of the molecule is CCC1CC2CC(C)(CC(=O)NCC(=O)N3CCN(Cc4cc(F)ccc4OCc4ccc5nonc5c4)CC3)CC2C1. The quantitative estimate of drug-likeness (QED) is 0.356. The number of halogens is 1. The second kappa shape index (κ2) is 12.6. The van der Waals surface area contributed by atoms with Gasteiger partial charge in [-0.2, -0.15) is 0 Å². The van der Waals surface area contributed by atoms with E-state index in [1.165, 1.54) is 31.4 Å². The molecular weight excluding hydrogens is 549 g/mol. The lowest BCUT2D eigenvalue weighted by Crippen LogP contribution is -2.51. The molecule has 2 saturated carbocycles. The molecule has 2 amide bonds. The molecule has 3 aromatic rings. The number of hydrogen-bond donors (Lipinski definition) is 1. The van der Waals surface area contributed by atoms with E-state index < -0.39 is 0 Å². The molecule has 1 aliphatic heterocycles. The van der Waals surface area contributed by atoms with Crippen LogP contribution in [0.25, 0.3) is 11.0 Å². The lowest BCUT2D eigenvalue weighted by atomic mass is 9.81. The molecule has 1 saturated heterocycles. The first-order chi connectivity index (χ1) is 20.8. The van der Waals surface area contributed by atoms with Crippen molar-refractivity contribution in [2.75, 3.05) is 32.7 Å². The second-order valence-electron chi connectivity index (χ2n) is 13.2. The van der Waals surface area contributed by atoms with Crippen molar-refractivity contribution in [3.8, 4) is 5.75 Å². The summed E-state index contributed by atoms with van der Waals surface area (Å²) in [5, 5.41) is 10.6. The summed E-state index contributed by atoms with van der Waals surface area (Å²) in [6, 6.07) is 10.1. The minimum absolute atomic E-state index is 0.0160. The van der Waals surface area contributed by atoms with E-state index in [9.17, 15) is 14.0 Å². The Bertz CT molecular complexity index is 1440. The van der Waals surface area contributed by atoms with E-state index in [0.29, 0.717) is 62.5 Å². The lowest BCUT2D eigenvalue weighted by molar-refractivity contribution is -0.134. The van der Waals surface area contributed by atoms with Crippen LogP contribution in [0.15, 0.2) is 41.0 Å². The molecule has 2 aliphatic carbocycles. The van der Waals surface area contributed by atoms with Crippen LogP contribution in [0.3, 0.4) is 0 Å². The van der Waals surface area contributed by atoms with Crippen molar-refractivity contribution >= 4 is 22.8 Å². The third-order valence-corrected chi connectivity index (χ3v) is 9.90. The van der Waals surface area contributed by atoms with Crippen LogP contribution in [-0.2, 0) is 22.7 Å². The van der Waals surface area contributed by atoms with Gasteiger partial charge >= 0.3 is 0 Å². The summed E-state index contributed by atoms with van der Waals surface area (Å²) >= 11 is 0. The van der Waals surface area contributed by atoms with E-state index in [4.69, 9.17) is 9.37 Å². The van der Waals surface area contributed by atoms with E-state index in [-0.39, 0.29) is 29.6 Å². The van der Waals surface area contributed by atoms with Crippen molar-refractivity contribution < 1.29 is 23.3 Å². The first kappa shape index (κ1) is 29.5. The standard InChI is InChI=1S/C33H42FN5O4/c1-3-22-12-24-16-33(2,17-25(24)13-22)18-31(40)35-19-32(41)39-10-8-38(9-11-39)20-26-15-27(34)5-7-30(26)42-21-23-4-6-28-29(14-23)37-43-36-28/h4-7,14-15,22,24-25H,3,8-13,16-21H2,1-2H3,(H,35,40). The van der Waals surface area contributed by atoms with E-state index in [0.717, 1.165) is 41.7 Å². The summed E-state index contributed by atoms with van der Waals surface area (Å²) in [7, 11) is 0. The first-order valence-electron chi connectivity index (χ1n) is 15.7. The number of fused-ring (bicyclic) bond motifs is 2. The summed E-state index contributed by atoms with van der Waals surface area (Å²) < 4.78 is 25.0. The van der Waals surface area contributed by atoms with Gasteiger partial charge in [-0.05, 0) is 95.1 Å². The van der Waals surface area contributed by atoms with Crippen LogP contribution in [0.1, 0.15) is 63.5 Å². The minimum Gasteiger partial charge on any atom is -0.489 e. The van der Waals surface area contributed by atoms with Crippen LogP contribution < -0.4 is 10.1 Å². The van der Waals surface area contributed by atoms with Crippen LogP contribution in [0.4, 0.5) is 4.39 Å². The fraction of sp³-hybridized carbons (Fsp3) is 0.576. The molecule has 6 rings (SSSR count). The van der Waals surface area contributed by atoms with Gasteiger partial charge in [-0.3, -0.25) is 14.5 Å². The molecule has 43 heavy (non-hydrogen) atoms. The van der Waals surface area contributed by atoms with Crippen LogP contribution >= 0.6 is 0 Å². The molecule has 2 atom stereocenters. The normalized spacial score (nSPS) is 25.7. The topological polar surface area (TPSA) is 101 Å². The highest BCUT2D eigenvalue weighted by Gasteiger charge is 2.47. The van der Waals surface area contributed by atoms with Crippen molar-refractivity contribution in [2.45, 2.75) is 65.5 Å². The fourth-order valence-electron chi connectivity index (χ4n) is 7.69. The zero-order valence-corrected chi connectivity index (χ0v) is 25.2.